The molecule has 2 heterocycles. The molecule has 1 aliphatic rings. The molecule has 1 aliphatic heterocycles. The van der Waals surface area contributed by atoms with Crippen molar-refractivity contribution < 1.29 is 5.11 Å². The van der Waals surface area contributed by atoms with E-state index in [0.717, 1.165) is 36.7 Å². The van der Waals surface area contributed by atoms with Crippen molar-refractivity contribution in [3.05, 3.63) is 12.2 Å². The van der Waals surface area contributed by atoms with Gasteiger partial charge in [0.1, 0.15) is 12.2 Å². The van der Waals surface area contributed by atoms with Crippen molar-refractivity contribution >= 4 is 11.8 Å². The Morgan fingerprint density at radius 3 is 3.13 bits per heavy atom. The third kappa shape index (κ3) is 2.52. The molecular formula is C10H17N3OS. The Kier molecular flexibility index (Phi) is 3.64. The lowest BCUT2D eigenvalue weighted by Gasteiger charge is -2.13. The highest BCUT2D eigenvalue weighted by molar-refractivity contribution is 7.99. The summed E-state index contributed by atoms with van der Waals surface area (Å²) in [5.41, 5.74) is 0. The minimum absolute atomic E-state index is 0.165. The molecule has 1 N–H and O–H groups in total. The molecule has 2 atom stereocenters. The molecule has 0 aliphatic carbocycles. The SMILES string of the molecule is CCCn1ncnc1CC1CSCC1O. The summed E-state index contributed by atoms with van der Waals surface area (Å²) >= 11 is 1.82. The van der Waals surface area contributed by atoms with Gasteiger partial charge in [0.25, 0.3) is 0 Å². The van der Waals surface area contributed by atoms with Gasteiger partial charge in [-0.25, -0.2) is 4.98 Å². The molecule has 0 aromatic carbocycles. The summed E-state index contributed by atoms with van der Waals surface area (Å²) in [4.78, 5) is 4.26. The Hall–Kier alpha value is -0.550. The van der Waals surface area contributed by atoms with Gasteiger partial charge < -0.3 is 5.11 Å². The Labute approximate surface area is 94.1 Å². The number of rotatable bonds is 4. The maximum atomic E-state index is 9.73. The predicted molar refractivity (Wildman–Crippen MR) is 60.8 cm³/mol. The molecule has 0 radical (unpaired) electrons. The Morgan fingerprint density at radius 2 is 2.47 bits per heavy atom. The average Bonchev–Trinajstić information content (AvgIpc) is 2.80. The fraction of sp³-hybridized carbons (Fsp3) is 0.800. The van der Waals surface area contributed by atoms with Crippen LogP contribution in [0.2, 0.25) is 0 Å². The van der Waals surface area contributed by atoms with E-state index in [1.54, 1.807) is 6.33 Å². The van der Waals surface area contributed by atoms with Crippen molar-refractivity contribution in [2.75, 3.05) is 11.5 Å². The largest absolute Gasteiger partial charge is 0.392 e. The summed E-state index contributed by atoms with van der Waals surface area (Å²) in [6.45, 7) is 3.05. The second-order valence-electron chi connectivity index (χ2n) is 3.97. The van der Waals surface area contributed by atoms with Crippen LogP contribution in [-0.2, 0) is 13.0 Å². The molecule has 0 amide bonds. The van der Waals surface area contributed by atoms with Crippen LogP contribution in [0.3, 0.4) is 0 Å². The standard InChI is InChI=1S/C10H17N3OS/c1-2-3-13-10(11-7-12-13)4-8-5-15-6-9(8)14/h7-9,14H,2-6H2,1H3. The zero-order valence-electron chi connectivity index (χ0n) is 8.96. The predicted octanol–water partition coefficient (Wildman–Crippen LogP) is 0.954. The molecule has 0 saturated carbocycles. The van der Waals surface area contributed by atoms with Crippen LogP contribution in [0, 0.1) is 5.92 Å². The number of hydrogen-bond donors (Lipinski definition) is 1. The number of thioether (sulfide) groups is 1. The van der Waals surface area contributed by atoms with Gasteiger partial charge in [-0.15, -0.1) is 0 Å². The Balaban J connectivity index is 2.00. The van der Waals surface area contributed by atoms with Crippen molar-refractivity contribution in [1.82, 2.24) is 14.8 Å². The van der Waals surface area contributed by atoms with Crippen LogP contribution in [-0.4, -0.2) is 37.5 Å². The molecule has 1 aromatic heterocycles. The van der Waals surface area contributed by atoms with Gasteiger partial charge in [-0.1, -0.05) is 6.92 Å². The topological polar surface area (TPSA) is 50.9 Å². The molecule has 1 aromatic rings. The highest BCUT2D eigenvalue weighted by Crippen LogP contribution is 2.26. The van der Waals surface area contributed by atoms with Gasteiger partial charge >= 0.3 is 0 Å². The summed E-state index contributed by atoms with van der Waals surface area (Å²) in [7, 11) is 0. The lowest BCUT2D eigenvalue weighted by atomic mass is 10.0. The third-order valence-corrected chi connectivity index (χ3v) is 3.98. The number of aliphatic hydroxyl groups excluding tert-OH is 1. The molecule has 15 heavy (non-hydrogen) atoms. The van der Waals surface area contributed by atoms with Gasteiger partial charge in [-0.3, -0.25) is 4.68 Å². The van der Waals surface area contributed by atoms with E-state index < -0.39 is 0 Å². The van der Waals surface area contributed by atoms with Crippen LogP contribution in [0.5, 0.6) is 0 Å². The molecule has 0 spiro atoms. The molecule has 2 unspecified atom stereocenters. The normalized spacial score (nSPS) is 26.0. The van der Waals surface area contributed by atoms with Gasteiger partial charge in [0.15, 0.2) is 0 Å². The Bertz CT molecular complexity index is 315. The molecule has 4 nitrogen and oxygen atoms in total. The molecule has 1 saturated heterocycles. The summed E-state index contributed by atoms with van der Waals surface area (Å²) < 4.78 is 1.95. The van der Waals surface area contributed by atoms with Crippen LogP contribution in [0.4, 0.5) is 0 Å². The zero-order chi connectivity index (χ0) is 10.7. The smallest absolute Gasteiger partial charge is 0.138 e. The molecule has 1 fully saturated rings. The molecular weight excluding hydrogens is 210 g/mol. The lowest BCUT2D eigenvalue weighted by Crippen LogP contribution is -2.22. The van der Waals surface area contributed by atoms with Crippen molar-refractivity contribution in [3.63, 3.8) is 0 Å². The third-order valence-electron chi connectivity index (χ3n) is 2.74. The first kappa shape index (κ1) is 11.0. The van der Waals surface area contributed by atoms with Crippen LogP contribution in [0.15, 0.2) is 6.33 Å². The fourth-order valence-electron chi connectivity index (χ4n) is 1.86. The van der Waals surface area contributed by atoms with E-state index in [1.807, 2.05) is 16.4 Å². The van der Waals surface area contributed by atoms with E-state index in [0.29, 0.717) is 5.92 Å². The van der Waals surface area contributed by atoms with E-state index in [-0.39, 0.29) is 6.10 Å². The first-order valence-corrected chi connectivity index (χ1v) is 6.59. The van der Waals surface area contributed by atoms with Gasteiger partial charge in [-0.2, -0.15) is 16.9 Å². The van der Waals surface area contributed by atoms with Crippen molar-refractivity contribution in [2.45, 2.75) is 32.4 Å². The molecule has 2 rings (SSSR count). The van der Waals surface area contributed by atoms with Crippen molar-refractivity contribution in [2.24, 2.45) is 5.92 Å². The highest BCUT2D eigenvalue weighted by Gasteiger charge is 2.27. The van der Waals surface area contributed by atoms with Crippen molar-refractivity contribution in [1.29, 1.82) is 0 Å². The number of aryl methyl sites for hydroxylation is 1. The average molecular weight is 227 g/mol. The summed E-state index contributed by atoms with van der Waals surface area (Å²) in [5, 5.41) is 13.9. The number of hydrogen-bond acceptors (Lipinski definition) is 4. The van der Waals surface area contributed by atoms with Crippen LogP contribution in [0.1, 0.15) is 19.2 Å². The van der Waals surface area contributed by atoms with Crippen molar-refractivity contribution in [3.8, 4) is 0 Å². The maximum absolute atomic E-state index is 9.73. The Morgan fingerprint density at radius 1 is 1.60 bits per heavy atom. The number of aromatic nitrogens is 3. The summed E-state index contributed by atoms with van der Waals surface area (Å²) in [5.74, 6) is 3.28. The van der Waals surface area contributed by atoms with E-state index in [9.17, 15) is 5.11 Å². The first-order chi connectivity index (χ1) is 7.31. The van der Waals surface area contributed by atoms with E-state index in [1.165, 1.54) is 0 Å². The van der Waals surface area contributed by atoms with E-state index in [2.05, 4.69) is 17.0 Å². The monoisotopic (exact) mass is 227 g/mol. The summed E-state index contributed by atoms with van der Waals surface area (Å²) in [6.07, 6.45) is 3.37. The van der Waals surface area contributed by atoms with E-state index >= 15 is 0 Å². The van der Waals surface area contributed by atoms with Gasteiger partial charge in [0.05, 0.1) is 6.10 Å². The number of nitrogens with zero attached hydrogens (tertiary/aromatic N) is 3. The lowest BCUT2D eigenvalue weighted by molar-refractivity contribution is 0.148. The maximum Gasteiger partial charge on any atom is 0.138 e. The second kappa shape index (κ2) is 4.99. The quantitative estimate of drug-likeness (QED) is 0.832. The number of aliphatic hydroxyl groups is 1. The van der Waals surface area contributed by atoms with E-state index in [4.69, 9.17) is 0 Å². The highest BCUT2D eigenvalue weighted by atomic mass is 32.2. The zero-order valence-corrected chi connectivity index (χ0v) is 9.78. The minimum Gasteiger partial charge on any atom is -0.392 e. The fourth-order valence-corrected chi connectivity index (χ4v) is 3.15. The molecule has 5 heteroatoms. The van der Waals surface area contributed by atoms with Crippen LogP contribution in [0.25, 0.3) is 0 Å². The van der Waals surface area contributed by atoms with Crippen LogP contribution < -0.4 is 0 Å². The summed E-state index contributed by atoms with van der Waals surface area (Å²) in [6, 6.07) is 0. The first-order valence-electron chi connectivity index (χ1n) is 5.43. The second-order valence-corrected chi connectivity index (χ2v) is 5.04. The van der Waals surface area contributed by atoms with Crippen LogP contribution >= 0.6 is 11.8 Å². The minimum atomic E-state index is -0.165. The van der Waals surface area contributed by atoms with Gasteiger partial charge in [0.2, 0.25) is 0 Å². The molecule has 0 bridgehead atoms. The molecule has 84 valence electrons. The van der Waals surface area contributed by atoms with Gasteiger partial charge in [0, 0.05) is 24.6 Å². The van der Waals surface area contributed by atoms with Gasteiger partial charge in [-0.05, 0) is 12.2 Å².